The van der Waals surface area contributed by atoms with E-state index in [1.807, 2.05) is 38.1 Å². The zero-order valence-corrected chi connectivity index (χ0v) is 18.8. The second kappa shape index (κ2) is 9.18. The lowest BCUT2D eigenvalue weighted by Gasteiger charge is -2.30. The molecule has 3 rings (SSSR count). The number of aryl methyl sites for hydroxylation is 2. The van der Waals surface area contributed by atoms with E-state index >= 15 is 0 Å². The fourth-order valence-electron chi connectivity index (χ4n) is 3.52. The van der Waals surface area contributed by atoms with Gasteiger partial charge >= 0.3 is 0 Å². The first kappa shape index (κ1) is 22.3. The summed E-state index contributed by atoms with van der Waals surface area (Å²) in [6.07, 6.45) is 2.31. The minimum atomic E-state index is -3.66. The fraction of sp³-hybridized carbons (Fsp3) is 0.435. The molecular weight excluding hydrogens is 400 g/mol. The smallest absolute Gasteiger partial charge is 0.240 e. The molecule has 1 fully saturated rings. The van der Waals surface area contributed by atoms with Gasteiger partial charge in [-0.15, -0.1) is 0 Å². The van der Waals surface area contributed by atoms with Gasteiger partial charge in [0.25, 0.3) is 0 Å². The Kier molecular flexibility index (Phi) is 6.83. The molecule has 2 aromatic rings. The van der Waals surface area contributed by atoms with E-state index in [0.29, 0.717) is 5.92 Å². The topological polar surface area (TPSA) is 75.7 Å². The lowest BCUT2D eigenvalue weighted by molar-refractivity contribution is -0.119. The molecule has 1 aliphatic rings. The van der Waals surface area contributed by atoms with Gasteiger partial charge in [-0.3, -0.25) is 4.79 Å². The van der Waals surface area contributed by atoms with Crippen LogP contribution in [-0.4, -0.2) is 34.0 Å². The quantitative estimate of drug-likeness (QED) is 0.656. The van der Waals surface area contributed by atoms with Crippen molar-refractivity contribution in [1.82, 2.24) is 4.72 Å². The van der Waals surface area contributed by atoms with Crippen molar-refractivity contribution in [1.29, 1.82) is 0 Å². The first-order valence-corrected chi connectivity index (χ1v) is 11.7. The van der Waals surface area contributed by atoms with Gasteiger partial charge in [0, 0.05) is 24.7 Å². The molecule has 0 heterocycles. The molecular formula is C23H30N2O4S. The van der Waals surface area contributed by atoms with Gasteiger partial charge in [-0.25, -0.2) is 13.1 Å². The van der Waals surface area contributed by atoms with E-state index in [-0.39, 0.29) is 29.8 Å². The number of amides is 1. The highest BCUT2D eigenvalue weighted by atomic mass is 32.2. The predicted molar refractivity (Wildman–Crippen MR) is 118 cm³/mol. The van der Waals surface area contributed by atoms with Gasteiger partial charge in [0.1, 0.15) is 5.75 Å². The zero-order chi connectivity index (χ0) is 21.9. The van der Waals surface area contributed by atoms with Crippen LogP contribution in [0.25, 0.3) is 0 Å². The minimum Gasteiger partial charge on any atom is -0.497 e. The van der Waals surface area contributed by atoms with E-state index < -0.39 is 10.0 Å². The van der Waals surface area contributed by atoms with E-state index in [9.17, 15) is 13.2 Å². The molecule has 6 nitrogen and oxygen atoms in total. The molecule has 0 spiro atoms. The second-order valence-electron chi connectivity index (χ2n) is 7.93. The van der Waals surface area contributed by atoms with Gasteiger partial charge in [-0.1, -0.05) is 6.07 Å². The first-order valence-electron chi connectivity index (χ1n) is 10.3. The lowest BCUT2D eigenvalue weighted by Crippen LogP contribution is -2.41. The maximum atomic E-state index is 13.1. The Balaban J connectivity index is 1.68. The molecule has 2 aromatic carbocycles. The largest absolute Gasteiger partial charge is 0.497 e. The number of nitrogens with one attached hydrogen (secondary N) is 1. The summed E-state index contributed by atoms with van der Waals surface area (Å²) in [5, 5.41) is 0. The van der Waals surface area contributed by atoms with Crippen molar-refractivity contribution in [3.63, 3.8) is 0 Å². The molecule has 1 unspecified atom stereocenters. The number of hydrogen-bond donors (Lipinski definition) is 1. The molecule has 162 valence electrons. The number of nitrogens with zero attached hydrogens (tertiary/aromatic N) is 1. The average molecular weight is 431 g/mol. The van der Waals surface area contributed by atoms with Crippen LogP contribution in [-0.2, 0) is 14.8 Å². The Morgan fingerprint density at radius 3 is 2.37 bits per heavy atom. The summed E-state index contributed by atoms with van der Waals surface area (Å²) < 4.78 is 33.0. The van der Waals surface area contributed by atoms with Crippen molar-refractivity contribution in [2.75, 3.05) is 18.6 Å². The predicted octanol–water partition coefficient (Wildman–Crippen LogP) is 3.81. The number of sulfonamides is 1. The highest BCUT2D eigenvalue weighted by molar-refractivity contribution is 7.89. The van der Waals surface area contributed by atoms with Crippen LogP contribution in [0.5, 0.6) is 5.75 Å². The molecule has 1 atom stereocenters. The number of rotatable bonds is 9. The SMILES string of the molecule is COc1ccc(N(C(=O)CCNS(=O)(=O)c2ccc(C)c(C)c2)C(C)C2CC2)cc1. The van der Waals surface area contributed by atoms with Crippen LogP contribution in [0.3, 0.4) is 0 Å². The molecule has 0 radical (unpaired) electrons. The maximum absolute atomic E-state index is 13.1. The molecule has 1 saturated carbocycles. The van der Waals surface area contributed by atoms with Crippen molar-refractivity contribution in [2.45, 2.75) is 51.0 Å². The summed E-state index contributed by atoms with van der Waals surface area (Å²) in [6.45, 7) is 5.92. The van der Waals surface area contributed by atoms with Crippen molar-refractivity contribution in [3.8, 4) is 5.75 Å². The normalized spacial score (nSPS) is 14.9. The molecule has 1 aliphatic carbocycles. The van der Waals surface area contributed by atoms with Crippen LogP contribution < -0.4 is 14.4 Å². The molecule has 0 aromatic heterocycles. The highest BCUT2D eigenvalue weighted by Crippen LogP contribution is 2.37. The number of benzene rings is 2. The van der Waals surface area contributed by atoms with Crippen molar-refractivity contribution >= 4 is 21.6 Å². The standard InChI is InChI=1S/C23H30N2O4S/c1-16-5-12-22(15-17(16)2)30(27,28)24-14-13-23(26)25(18(3)19-6-7-19)20-8-10-21(29-4)11-9-20/h5,8-12,15,18-19,24H,6-7,13-14H2,1-4H3. The number of hydrogen-bond acceptors (Lipinski definition) is 4. The van der Waals surface area contributed by atoms with Crippen molar-refractivity contribution < 1.29 is 17.9 Å². The van der Waals surface area contributed by atoms with E-state index in [4.69, 9.17) is 4.74 Å². The van der Waals surface area contributed by atoms with Crippen LogP contribution >= 0.6 is 0 Å². The van der Waals surface area contributed by atoms with Crippen LogP contribution in [0.2, 0.25) is 0 Å². The van der Waals surface area contributed by atoms with Crippen LogP contribution in [0.1, 0.15) is 37.3 Å². The Morgan fingerprint density at radius 1 is 1.13 bits per heavy atom. The molecule has 30 heavy (non-hydrogen) atoms. The second-order valence-corrected chi connectivity index (χ2v) is 9.70. The minimum absolute atomic E-state index is 0.0537. The summed E-state index contributed by atoms with van der Waals surface area (Å²) >= 11 is 0. The number of anilines is 1. The summed E-state index contributed by atoms with van der Waals surface area (Å²) in [4.78, 5) is 15.1. The zero-order valence-electron chi connectivity index (χ0n) is 18.0. The molecule has 0 saturated heterocycles. The number of carbonyl (C=O) groups excluding carboxylic acids is 1. The third kappa shape index (κ3) is 5.21. The third-order valence-electron chi connectivity index (χ3n) is 5.75. The molecule has 7 heteroatoms. The van der Waals surface area contributed by atoms with Gasteiger partial charge in [0.2, 0.25) is 15.9 Å². The Bertz CT molecular complexity index is 998. The van der Waals surface area contributed by atoms with Crippen molar-refractivity contribution in [3.05, 3.63) is 53.6 Å². The van der Waals surface area contributed by atoms with Gasteiger partial charge in [-0.2, -0.15) is 0 Å². The molecule has 0 bridgehead atoms. The van der Waals surface area contributed by atoms with Gasteiger partial charge in [0.05, 0.1) is 12.0 Å². The van der Waals surface area contributed by atoms with E-state index in [2.05, 4.69) is 11.6 Å². The number of ether oxygens (including phenoxy) is 1. The Morgan fingerprint density at radius 2 is 1.80 bits per heavy atom. The monoisotopic (exact) mass is 430 g/mol. The van der Waals surface area contributed by atoms with Crippen LogP contribution in [0.4, 0.5) is 5.69 Å². The van der Waals surface area contributed by atoms with E-state index in [0.717, 1.165) is 35.4 Å². The summed E-state index contributed by atoms with van der Waals surface area (Å²) in [5.41, 5.74) is 2.75. The van der Waals surface area contributed by atoms with E-state index in [1.165, 1.54) is 0 Å². The highest BCUT2D eigenvalue weighted by Gasteiger charge is 2.35. The lowest BCUT2D eigenvalue weighted by atomic mass is 10.1. The first-order chi connectivity index (χ1) is 14.2. The molecule has 1 N–H and O–H groups in total. The third-order valence-corrected chi connectivity index (χ3v) is 7.21. The van der Waals surface area contributed by atoms with Gasteiger partial charge in [0.15, 0.2) is 0 Å². The summed E-state index contributed by atoms with van der Waals surface area (Å²) in [6, 6.07) is 12.5. The van der Waals surface area contributed by atoms with Gasteiger partial charge in [-0.05, 0) is 87.1 Å². The van der Waals surface area contributed by atoms with Crippen LogP contribution in [0, 0.1) is 19.8 Å². The Labute approximate surface area is 179 Å². The average Bonchev–Trinajstić information content (AvgIpc) is 3.56. The van der Waals surface area contributed by atoms with E-state index in [1.54, 1.807) is 30.2 Å². The Hall–Kier alpha value is -2.38. The summed E-state index contributed by atoms with van der Waals surface area (Å²) in [5.74, 6) is 1.12. The van der Waals surface area contributed by atoms with Gasteiger partial charge < -0.3 is 9.64 Å². The van der Waals surface area contributed by atoms with Crippen molar-refractivity contribution in [2.24, 2.45) is 5.92 Å². The molecule has 0 aliphatic heterocycles. The summed E-state index contributed by atoms with van der Waals surface area (Å²) in [7, 11) is -2.05. The number of methoxy groups -OCH3 is 1. The number of carbonyl (C=O) groups is 1. The maximum Gasteiger partial charge on any atom is 0.240 e. The molecule has 1 amide bonds. The fourth-order valence-corrected chi connectivity index (χ4v) is 4.63. The van der Waals surface area contributed by atoms with Crippen LogP contribution in [0.15, 0.2) is 47.4 Å².